The lowest BCUT2D eigenvalue weighted by atomic mass is 10.0. The molecule has 1 aromatic heterocycles. The van der Waals surface area contributed by atoms with Crippen LogP contribution in [0.4, 0.5) is 13.2 Å². The standard InChI is InChI=1S/C20H19F3N2O/c1-12(14-6-5-7-15(10-14)20(21,22)23)24-11-18(26)19-13(2)25-17-9-4-3-8-16(17)19/h3-10,12,24-25H,11H2,1-2H3/t12-/m0/s1. The van der Waals surface area contributed by atoms with E-state index in [1.165, 1.54) is 6.07 Å². The minimum atomic E-state index is -4.38. The van der Waals surface area contributed by atoms with Crippen molar-refractivity contribution in [2.24, 2.45) is 0 Å². The van der Waals surface area contributed by atoms with E-state index >= 15 is 0 Å². The van der Waals surface area contributed by atoms with E-state index < -0.39 is 11.7 Å². The Kier molecular flexibility index (Phi) is 4.87. The van der Waals surface area contributed by atoms with Gasteiger partial charge >= 0.3 is 6.18 Å². The molecule has 1 atom stereocenters. The maximum Gasteiger partial charge on any atom is 0.416 e. The summed E-state index contributed by atoms with van der Waals surface area (Å²) in [5, 5.41) is 3.88. The van der Waals surface area contributed by atoms with Gasteiger partial charge in [-0.05, 0) is 37.6 Å². The van der Waals surface area contributed by atoms with Crippen molar-refractivity contribution in [3.8, 4) is 0 Å². The molecule has 0 aliphatic rings. The highest BCUT2D eigenvalue weighted by atomic mass is 19.4. The van der Waals surface area contributed by atoms with Crippen LogP contribution in [-0.2, 0) is 6.18 Å². The van der Waals surface area contributed by atoms with E-state index in [1.807, 2.05) is 31.2 Å². The summed E-state index contributed by atoms with van der Waals surface area (Å²) in [6.45, 7) is 3.62. The molecule has 26 heavy (non-hydrogen) atoms. The Bertz CT molecular complexity index is 944. The van der Waals surface area contributed by atoms with Gasteiger partial charge in [0.2, 0.25) is 0 Å². The molecule has 0 saturated carbocycles. The summed E-state index contributed by atoms with van der Waals surface area (Å²) in [7, 11) is 0. The molecule has 0 aliphatic heterocycles. The number of hydrogen-bond acceptors (Lipinski definition) is 2. The van der Waals surface area contributed by atoms with Gasteiger partial charge in [-0.2, -0.15) is 13.2 Å². The molecule has 1 heterocycles. The van der Waals surface area contributed by atoms with Crippen molar-refractivity contribution in [3.05, 3.63) is 70.9 Å². The van der Waals surface area contributed by atoms with Crippen LogP contribution in [0.25, 0.3) is 10.9 Å². The number of aryl methyl sites for hydroxylation is 1. The summed E-state index contributed by atoms with van der Waals surface area (Å²) in [5.74, 6) is -0.0984. The number of H-pyrrole nitrogens is 1. The number of carbonyl (C=O) groups is 1. The van der Waals surface area contributed by atoms with Gasteiger partial charge in [-0.1, -0.05) is 30.3 Å². The summed E-state index contributed by atoms with van der Waals surface area (Å²) in [6.07, 6.45) is -4.38. The zero-order valence-electron chi connectivity index (χ0n) is 14.4. The third-order valence-corrected chi connectivity index (χ3v) is 4.46. The van der Waals surface area contributed by atoms with Crippen LogP contribution in [-0.4, -0.2) is 17.3 Å². The lowest BCUT2D eigenvalue weighted by molar-refractivity contribution is -0.137. The van der Waals surface area contributed by atoms with Crippen LogP contribution in [0.3, 0.4) is 0 Å². The maximum absolute atomic E-state index is 12.8. The number of para-hydroxylation sites is 1. The lowest BCUT2D eigenvalue weighted by Gasteiger charge is -2.16. The van der Waals surface area contributed by atoms with Gasteiger partial charge in [-0.25, -0.2) is 0 Å². The molecule has 0 spiro atoms. The van der Waals surface area contributed by atoms with Gasteiger partial charge in [0, 0.05) is 28.2 Å². The van der Waals surface area contributed by atoms with Crippen LogP contribution >= 0.6 is 0 Å². The first-order valence-corrected chi connectivity index (χ1v) is 8.28. The zero-order chi connectivity index (χ0) is 18.9. The SMILES string of the molecule is Cc1[nH]c2ccccc2c1C(=O)CN[C@@H](C)c1cccc(C(F)(F)F)c1. The van der Waals surface area contributed by atoms with Gasteiger partial charge in [-0.15, -0.1) is 0 Å². The van der Waals surface area contributed by atoms with Crippen LogP contribution in [0, 0.1) is 6.92 Å². The molecule has 2 aromatic carbocycles. The number of aromatic nitrogens is 1. The number of halogens is 3. The molecule has 0 unspecified atom stereocenters. The highest BCUT2D eigenvalue weighted by molar-refractivity contribution is 6.10. The van der Waals surface area contributed by atoms with Crippen LogP contribution in [0.2, 0.25) is 0 Å². The second kappa shape index (κ2) is 6.96. The Morgan fingerprint density at radius 3 is 2.62 bits per heavy atom. The molecule has 136 valence electrons. The largest absolute Gasteiger partial charge is 0.416 e. The normalized spacial score (nSPS) is 13.1. The number of hydrogen-bond donors (Lipinski definition) is 2. The molecule has 0 radical (unpaired) electrons. The van der Waals surface area contributed by atoms with E-state index in [4.69, 9.17) is 0 Å². The summed E-state index contributed by atoms with van der Waals surface area (Å²) in [6, 6.07) is 12.3. The molecule has 3 nitrogen and oxygen atoms in total. The third kappa shape index (κ3) is 3.65. The number of carbonyl (C=O) groups excluding carboxylic acids is 1. The fourth-order valence-corrected chi connectivity index (χ4v) is 3.07. The average Bonchev–Trinajstić information content (AvgIpc) is 2.94. The molecule has 6 heteroatoms. The lowest BCUT2D eigenvalue weighted by Crippen LogP contribution is -2.26. The van der Waals surface area contributed by atoms with Gasteiger partial charge < -0.3 is 10.3 Å². The molecule has 0 fully saturated rings. The van der Waals surface area contributed by atoms with E-state index in [0.717, 1.165) is 28.7 Å². The van der Waals surface area contributed by atoms with E-state index in [1.54, 1.807) is 13.0 Å². The summed E-state index contributed by atoms with van der Waals surface area (Å²) in [5.41, 5.74) is 2.08. The third-order valence-electron chi connectivity index (χ3n) is 4.46. The first kappa shape index (κ1) is 18.2. The predicted molar refractivity (Wildman–Crippen MR) is 95.2 cm³/mol. The number of rotatable bonds is 5. The monoisotopic (exact) mass is 360 g/mol. The van der Waals surface area contributed by atoms with E-state index in [2.05, 4.69) is 10.3 Å². The number of benzene rings is 2. The van der Waals surface area contributed by atoms with Gasteiger partial charge in [0.05, 0.1) is 12.1 Å². The fourth-order valence-electron chi connectivity index (χ4n) is 3.07. The first-order chi connectivity index (χ1) is 12.3. The highest BCUT2D eigenvalue weighted by Gasteiger charge is 2.30. The van der Waals surface area contributed by atoms with Gasteiger partial charge in [-0.3, -0.25) is 4.79 Å². The van der Waals surface area contributed by atoms with Crippen molar-refractivity contribution in [3.63, 3.8) is 0 Å². The van der Waals surface area contributed by atoms with E-state index in [-0.39, 0.29) is 18.4 Å². The topological polar surface area (TPSA) is 44.9 Å². The molecular formula is C20H19F3N2O. The Balaban J connectivity index is 1.74. The zero-order valence-corrected chi connectivity index (χ0v) is 14.4. The quantitative estimate of drug-likeness (QED) is 0.627. The van der Waals surface area contributed by atoms with Crippen LogP contribution < -0.4 is 5.32 Å². The molecule has 0 aliphatic carbocycles. The minimum Gasteiger partial charge on any atom is -0.358 e. The van der Waals surface area contributed by atoms with Crippen LogP contribution in [0.1, 0.15) is 40.1 Å². The Morgan fingerprint density at radius 2 is 1.88 bits per heavy atom. The molecule has 2 N–H and O–H groups in total. The molecule has 0 bridgehead atoms. The second-order valence-electron chi connectivity index (χ2n) is 6.32. The summed E-state index contributed by atoms with van der Waals surface area (Å²) in [4.78, 5) is 15.8. The summed E-state index contributed by atoms with van der Waals surface area (Å²) >= 11 is 0. The number of alkyl halides is 3. The number of fused-ring (bicyclic) bond motifs is 1. The Hall–Kier alpha value is -2.60. The highest BCUT2D eigenvalue weighted by Crippen LogP contribution is 2.30. The van der Waals surface area contributed by atoms with Crippen molar-refractivity contribution in [1.82, 2.24) is 10.3 Å². The summed E-state index contributed by atoms with van der Waals surface area (Å²) < 4.78 is 38.5. The van der Waals surface area contributed by atoms with Crippen molar-refractivity contribution >= 4 is 16.7 Å². The average molecular weight is 360 g/mol. The number of nitrogens with one attached hydrogen (secondary N) is 2. The van der Waals surface area contributed by atoms with Crippen LogP contribution in [0.5, 0.6) is 0 Å². The van der Waals surface area contributed by atoms with Crippen molar-refractivity contribution in [2.45, 2.75) is 26.1 Å². The van der Waals surface area contributed by atoms with Crippen molar-refractivity contribution < 1.29 is 18.0 Å². The molecule has 0 saturated heterocycles. The van der Waals surface area contributed by atoms with Crippen molar-refractivity contribution in [1.29, 1.82) is 0 Å². The van der Waals surface area contributed by atoms with Gasteiger partial charge in [0.25, 0.3) is 0 Å². The maximum atomic E-state index is 12.8. The molecular weight excluding hydrogens is 341 g/mol. The van der Waals surface area contributed by atoms with Gasteiger partial charge in [0.1, 0.15) is 0 Å². The smallest absolute Gasteiger partial charge is 0.358 e. The Labute approximate surface area is 149 Å². The predicted octanol–water partition coefficient (Wildman–Crippen LogP) is 5.03. The van der Waals surface area contributed by atoms with E-state index in [9.17, 15) is 18.0 Å². The number of Topliss-reactive ketones (excluding diaryl/α,β-unsaturated/α-hetero) is 1. The second-order valence-corrected chi connectivity index (χ2v) is 6.32. The Morgan fingerprint density at radius 1 is 1.15 bits per heavy atom. The van der Waals surface area contributed by atoms with Crippen LogP contribution in [0.15, 0.2) is 48.5 Å². The molecule has 3 rings (SSSR count). The number of ketones is 1. The van der Waals surface area contributed by atoms with Gasteiger partial charge in [0.15, 0.2) is 5.78 Å². The molecule has 3 aromatic rings. The first-order valence-electron chi connectivity index (χ1n) is 8.28. The molecule has 0 amide bonds. The minimum absolute atomic E-state index is 0.0418. The van der Waals surface area contributed by atoms with E-state index in [0.29, 0.717) is 11.1 Å². The van der Waals surface area contributed by atoms with Crippen molar-refractivity contribution in [2.75, 3.05) is 6.54 Å². The fraction of sp³-hybridized carbons (Fsp3) is 0.250. The number of aromatic amines is 1.